The van der Waals surface area contributed by atoms with Gasteiger partial charge in [0.2, 0.25) is 0 Å². The van der Waals surface area contributed by atoms with Gasteiger partial charge in [0.1, 0.15) is 17.3 Å². The Kier molecular flexibility index (Phi) is 16.6. The zero-order valence-electron chi connectivity index (χ0n) is 37.7. The number of hydrogen-bond donors (Lipinski definition) is 5. The smallest absolute Gasteiger partial charge is 0.196 e. The molecule has 61 heavy (non-hydrogen) atoms. The largest absolute Gasteiger partial charge is 0.508 e. The Bertz CT molecular complexity index is 1690. The summed E-state index contributed by atoms with van der Waals surface area (Å²) >= 11 is 0. The maximum atomic E-state index is 14.0. The van der Waals surface area contributed by atoms with Crippen molar-refractivity contribution in [1.82, 2.24) is 0 Å². The Labute approximate surface area is 366 Å². The Morgan fingerprint density at radius 1 is 0.770 bits per heavy atom. The van der Waals surface area contributed by atoms with Crippen LogP contribution in [0.4, 0.5) is 0 Å². The molecule has 2 heterocycles. The normalized spacial score (nSPS) is 36.0. The number of phenols is 2. The number of phenolic OH excluding ortho intramolecular Hbond substituents is 2. The molecule has 5 N–H and O–H groups in total. The van der Waals surface area contributed by atoms with Gasteiger partial charge in [0.15, 0.2) is 11.6 Å². The molecule has 0 amide bonds. The molecule has 340 valence electrons. The highest BCUT2D eigenvalue weighted by Gasteiger charge is 2.71. The van der Waals surface area contributed by atoms with Crippen LogP contribution in [-0.2, 0) is 14.3 Å². The number of aromatic hydroxyl groups is 2. The van der Waals surface area contributed by atoms with Gasteiger partial charge in [-0.15, -0.1) is 0 Å². The lowest BCUT2D eigenvalue weighted by Crippen LogP contribution is -2.58. The van der Waals surface area contributed by atoms with Gasteiger partial charge in [-0.1, -0.05) is 109 Å². The van der Waals surface area contributed by atoms with Crippen molar-refractivity contribution in [3.05, 3.63) is 59.7 Å². The molecule has 4 saturated carbocycles. The predicted molar refractivity (Wildman–Crippen MR) is 238 cm³/mol. The topological polar surface area (TPSA) is 154 Å². The second kappa shape index (κ2) is 21.2. The molecule has 6 aliphatic rings. The zero-order valence-corrected chi connectivity index (χ0v) is 37.7. The quantitative estimate of drug-likeness (QED) is 0.0979. The maximum absolute atomic E-state index is 14.0. The van der Waals surface area contributed by atoms with E-state index < -0.39 is 5.79 Å². The summed E-state index contributed by atoms with van der Waals surface area (Å²) in [7, 11) is 0. The van der Waals surface area contributed by atoms with Crippen molar-refractivity contribution in [2.45, 2.75) is 168 Å². The minimum Gasteiger partial charge on any atom is -0.508 e. The van der Waals surface area contributed by atoms with E-state index in [0.29, 0.717) is 60.1 Å². The summed E-state index contributed by atoms with van der Waals surface area (Å²) in [5, 5.41) is 46.1. The van der Waals surface area contributed by atoms with Gasteiger partial charge in [-0.25, -0.2) is 0 Å². The van der Waals surface area contributed by atoms with Gasteiger partial charge >= 0.3 is 0 Å². The van der Waals surface area contributed by atoms with Crippen LogP contribution in [0.1, 0.15) is 166 Å². The maximum Gasteiger partial charge on any atom is 0.196 e. The van der Waals surface area contributed by atoms with Crippen LogP contribution in [0.15, 0.2) is 48.5 Å². The second-order valence-electron chi connectivity index (χ2n) is 20.3. The Hall–Kier alpha value is -2.82. The average Bonchev–Trinajstić information content (AvgIpc) is 3.70. The third-order valence-corrected chi connectivity index (χ3v) is 16.6. The monoisotopic (exact) mass is 847 g/mol. The molecule has 0 bridgehead atoms. The van der Waals surface area contributed by atoms with E-state index in [-0.39, 0.29) is 51.8 Å². The zero-order chi connectivity index (χ0) is 43.8. The van der Waals surface area contributed by atoms with Crippen LogP contribution in [0.2, 0.25) is 0 Å². The molecule has 2 aromatic rings. The molecule has 9 nitrogen and oxygen atoms in total. The molecular formula is C52H78O9. The van der Waals surface area contributed by atoms with E-state index in [1.165, 1.54) is 76.3 Å². The van der Waals surface area contributed by atoms with Gasteiger partial charge in [0, 0.05) is 54.9 Å². The number of carbonyl (C=O) groups is 2. The van der Waals surface area contributed by atoms with E-state index in [1.54, 1.807) is 24.3 Å². The van der Waals surface area contributed by atoms with Crippen molar-refractivity contribution in [3.8, 4) is 11.5 Å². The van der Waals surface area contributed by atoms with Crippen LogP contribution < -0.4 is 0 Å². The molecule has 2 aliphatic heterocycles. The number of unbranched alkanes of at least 4 members (excludes halogenated alkanes) is 9. The van der Waals surface area contributed by atoms with Crippen LogP contribution in [0.5, 0.6) is 11.5 Å². The van der Waals surface area contributed by atoms with Crippen LogP contribution in [0.3, 0.4) is 0 Å². The van der Waals surface area contributed by atoms with E-state index in [1.807, 2.05) is 6.07 Å². The van der Waals surface area contributed by atoms with Crippen LogP contribution in [0.25, 0.3) is 0 Å². The van der Waals surface area contributed by atoms with Crippen LogP contribution >= 0.6 is 0 Å². The number of aliphatic hydroxyl groups excluding tert-OH is 3. The highest BCUT2D eigenvalue weighted by atomic mass is 16.7. The molecule has 12 atom stereocenters. The van der Waals surface area contributed by atoms with E-state index in [2.05, 4.69) is 27.7 Å². The number of carbonyl (C=O) groups excluding carboxylic acids is 2. The number of ketones is 2. The van der Waals surface area contributed by atoms with Crippen LogP contribution in [0, 0.1) is 52.3 Å². The number of benzene rings is 2. The molecule has 0 aromatic heterocycles. The minimum atomic E-state index is -0.448. The highest BCUT2D eigenvalue weighted by Crippen LogP contribution is 2.70. The van der Waals surface area contributed by atoms with E-state index in [4.69, 9.17) is 24.8 Å². The molecule has 6 fully saturated rings. The molecule has 9 heteroatoms. The predicted octanol–water partition coefficient (Wildman–Crippen LogP) is 10.2. The average molecular weight is 847 g/mol. The summed E-state index contributed by atoms with van der Waals surface area (Å²) in [4.78, 5) is 25.9. The third kappa shape index (κ3) is 10.4. The minimum absolute atomic E-state index is 0.0675. The Balaban J connectivity index is 0.000000175. The lowest BCUT2D eigenvalue weighted by molar-refractivity contribution is -0.272. The number of rotatable bonds is 13. The van der Waals surface area contributed by atoms with Gasteiger partial charge in [-0.05, 0) is 105 Å². The first-order valence-corrected chi connectivity index (χ1v) is 24.2. The second-order valence-corrected chi connectivity index (χ2v) is 20.3. The van der Waals surface area contributed by atoms with Gasteiger partial charge in [0.05, 0.1) is 24.4 Å². The number of ether oxygens (including phenoxy) is 2. The van der Waals surface area contributed by atoms with Crippen LogP contribution in [-0.4, -0.2) is 74.9 Å². The molecule has 8 rings (SSSR count). The van der Waals surface area contributed by atoms with E-state index in [0.717, 1.165) is 70.5 Å². The summed E-state index contributed by atoms with van der Waals surface area (Å²) in [6.45, 7) is 10.8. The van der Waals surface area contributed by atoms with Gasteiger partial charge < -0.3 is 35.0 Å². The van der Waals surface area contributed by atoms with Crippen molar-refractivity contribution in [1.29, 1.82) is 0 Å². The third-order valence-electron chi connectivity index (χ3n) is 16.6. The summed E-state index contributed by atoms with van der Waals surface area (Å²) in [5.41, 5.74) is 0.665. The fourth-order valence-electron chi connectivity index (χ4n) is 13.0. The lowest BCUT2D eigenvalue weighted by atomic mass is 9.44. The first kappa shape index (κ1) is 47.7. The van der Waals surface area contributed by atoms with Crippen molar-refractivity contribution < 1.29 is 44.6 Å². The number of aliphatic hydroxyl groups is 3. The van der Waals surface area contributed by atoms with E-state index >= 15 is 0 Å². The molecule has 0 unspecified atom stereocenters. The molecule has 0 radical (unpaired) electrons. The first-order valence-electron chi connectivity index (χ1n) is 24.2. The standard InChI is InChI=1S/C27H42O4.C13H10O3.C12H26O2/c1-15-7-10-27(30-14-15)16(2)24-22(31-27)12-21-19-6-5-17-11-18(28)8-9-25(17,3)20(19)13-23(29)26(21,24)4;14-10-6-7-11(12(15)8-10)13(16)9-4-2-1-3-5-9;13-11-9-7-5-3-1-2-4-6-8-10-12-14/h15-22,24,28H,5-14H2,1-4H3;1-8,14-15H;13-14H,1-12H2/t15-,16+,17+,18+,19-,20+,21+,22+,24+,25+,26-,27-;;/m1../s1. The number of Topliss-reactive ketones (excluding diaryl/α,β-unsaturated/α-hetero) is 1. The fourth-order valence-corrected chi connectivity index (χ4v) is 13.0. The number of hydrogen-bond acceptors (Lipinski definition) is 9. The highest BCUT2D eigenvalue weighted by molar-refractivity contribution is 6.10. The van der Waals surface area contributed by atoms with Gasteiger partial charge in [-0.3, -0.25) is 9.59 Å². The molecule has 2 aromatic carbocycles. The molecule has 4 aliphatic carbocycles. The fraction of sp³-hybridized carbons (Fsp3) is 0.731. The van der Waals surface area contributed by atoms with Crippen molar-refractivity contribution >= 4 is 11.6 Å². The summed E-state index contributed by atoms with van der Waals surface area (Å²) in [5.74, 6) is 2.90. The molecule has 1 spiro atoms. The Morgan fingerprint density at radius 2 is 1.41 bits per heavy atom. The Morgan fingerprint density at radius 3 is 2.00 bits per heavy atom. The number of fused-ring (bicyclic) bond motifs is 7. The summed E-state index contributed by atoms with van der Waals surface area (Å²) < 4.78 is 13.2. The van der Waals surface area contributed by atoms with Crippen molar-refractivity contribution in [2.24, 2.45) is 52.3 Å². The molecule has 2 saturated heterocycles. The van der Waals surface area contributed by atoms with E-state index in [9.17, 15) is 19.8 Å². The van der Waals surface area contributed by atoms with Crippen molar-refractivity contribution in [2.75, 3.05) is 19.8 Å². The van der Waals surface area contributed by atoms with Gasteiger partial charge in [0.25, 0.3) is 0 Å². The molecular weight excluding hydrogens is 769 g/mol. The SMILES string of the molecule is C[C@@H]1CC[C@@]2(OC1)O[C@H]1C[C@H]3[C@@H]4CC[C@H]5C[C@@H](O)CC[C@]5(C)[C@H]4CC(=O)[C@]3(C)[C@H]1[C@@H]2C.O=C(c1ccccc1)c1ccc(O)cc1O.OCCCCCCCCCCCCO. The lowest BCUT2D eigenvalue weighted by Gasteiger charge is -2.60. The summed E-state index contributed by atoms with van der Waals surface area (Å²) in [6, 6.07) is 12.6. The summed E-state index contributed by atoms with van der Waals surface area (Å²) in [6.07, 6.45) is 21.6. The van der Waals surface area contributed by atoms with Crippen molar-refractivity contribution in [3.63, 3.8) is 0 Å². The first-order chi connectivity index (χ1) is 29.3. The van der Waals surface area contributed by atoms with Gasteiger partial charge in [-0.2, -0.15) is 0 Å².